The van der Waals surface area contributed by atoms with Gasteiger partial charge in [0.25, 0.3) is 0 Å². The quantitative estimate of drug-likeness (QED) is 0.302. The highest BCUT2D eigenvalue weighted by atomic mass is 16.5. The first-order valence-electron chi connectivity index (χ1n) is 16.3. The van der Waals surface area contributed by atoms with Crippen LogP contribution in [0.5, 0.6) is 0 Å². The monoisotopic (exact) mass is 546 g/mol. The minimum atomic E-state index is -1.09. The topological polar surface area (TPSA) is 63.6 Å². The lowest BCUT2D eigenvalue weighted by Gasteiger charge is -2.67. The number of benzene rings is 1. The van der Waals surface area contributed by atoms with Crippen LogP contribution in [0.25, 0.3) is 0 Å². The summed E-state index contributed by atoms with van der Waals surface area (Å²) < 4.78 is 6.10. The summed E-state index contributed by atoms with van der Waals surface area (Å²) in [5, 5.41) is 9.57. The molecule has 1 aromatic carbocycles. The standard InChI is InChI=1S/C36H50O4/c1-6-36-18-9-10-22(2)31(36)26-13-14-30-34(4)20-17-29(40-33(39)25-12-8-7-11-24(25)32(37)38)23(3)27(34)15-19-35(30,5)28(26)16-21-36/h7-8,11-13,22-23,27-31H,6,9-10,14-21H2,1-5H3,(H,37,38). The van der Waals surface area contributed by atoms with Crippen LogP contribution in [0.3, 0.4) is 0 Å². The largest absolute Gasteiger partial charge is 0.478 e. The second-order valence-corrected chi connectivity index (χ2v) is 15.0. The minimum Gasteiger partial charge on any atom is -0.478 e. The second-order valence-electron chi connectivity index (χ2n) is 15.0. The fraction of sp³-hybridized carbons (Fsp3) is 0.722. The number of fused-ring (bicyclic) bond motifs is 7. The Morgan fingerprint density at radius 1 is 0.950 bits per heavy atom. The Hall–Kier alpha value is -2.10. The number of aromatic carboxylic acids is 1. The second kappa shape index (κ2) is 10.0. The van der Waals surface area contributed by atoms with Gasteiger partial charge in [0.15, 0.2) is 0 Å². The third-order valence-corrected chi connectivity index (χ3v) is 13.6. The van der Waals surface area contributed by atoms with Gasteiger partial charge in [0, 0.05) is 0 Å². The molecule has 1 N–H and O–H groups in total. The molecule has 5 aliphatic rings. The molecule has 0 aromatic heterocycles. The van der Waals surface area contributed by atoms with Crippen molar-refractivity contribution in [2.75, 3.05) is 0 Å². The van der Waals surface area contributed by atoms with Gasteiger partial charge in [-0.25, -0.2) is 9.59 Å². The number of carboxylic acid groups (broad SMARTS) is 1. The fourth-order valence-corrected chi connectivity index (χ4v) is 11.6. The van der Waals surface area contributed by atoms with E-state index in [9.17, 15) is 14.7 Å². The van der Waals surface area contributed by atoms with Crippen molar-refractivity contribution in [3.05, 3.63) is 47.0 Å². The predicted molar refractivity (Wildman–Crippen MR) is 158 cm³/mol. The number of carbonyl (C=O) groups excluding carboxylic acids is 1. The van der Waals surface area contributed by atoms with Gasteiger partial charge in [-0.05, 0) is 122 Å². The number of ether oxygens (including phenoxy) is 1. The van der Waals surface area contributed by atoms with E-state index in [1.54, 1.807) is 18.2 Å². The first-order chi connectivity index (χ1) is 19.1. The van der Waals surface area contributed by atoms with Gasteiger partial charge in [-0.1, -0.05) is 71.2 Å². The Bertz CT molecular complexity index is 1200. The zero-order valence-electron chi connectivity index (χ0n) is 25.4. The van der Waals surface area contributed by atoms with Crippen molar-refractivity contribution in [2.45, 2.75) is 111 Å². The van der Waals surface area contributed by atoms with Crippen LogP contribution >= 0.6 is 0 Å². The van der Waals surface area contributed by atoms with Crippen LogP contribution in [-0.4, -0.2) is 23.1 Å². The van der Waals surface area contributed by atoms with Crippen LogP contribution in [0.15, 0.2) is 35.9 Å². The third kappa shape index (κ3) is 4.05. The molecule has 5 aliphatic carbocycles. The Kier molecular flexibility index (Phi) is 7.02. The number of hydrogen-bond donors (Lipinski definition) is 1. The molecular weight excluding hydrogens is 496 g/mol. The molecule has 0 heterocycles. The van der Waals surface area contributed by atoms with Gasteiger partial charge in [0.1, 0.15) is 6.10 Å². The molecule has 0 amide bonds. The van der Waals surface area contributed by atoms with Crippen molar-refractivity contribution in [1.82, 2.24) is 0 Å². The molecule has 4 saturated carbocycles. The van der Waals surface area contributed by atoms with Crippen molar-refractivity contribution in [1.29, 1.82) is 0 Å². The van der Waals surface area contributed by atoms with Crippen LogP contribution in [0.1, 0.15) is 126 Å². The summed E-state index contributed by atoms with van der Waals surface area (Å²) in [5.74, 6) is 2.21. The highest BCUT2D eigenvalue weighted by Crippen LogP contribution is 2.70. The smallest absolute Gasteiger partial charge is 0.339 e. The zero-order chi connectivity index (χ0) is 28.4. The highest BCUT2D eigenvalue weighted by molar-refractivity contribution is 6.02. The molecule has 0 saturated heterocycles. The van der Waals surface area contributed by atoms with Gasteiger partial charge in [0.05, 0.1) is 11.1 Å². The molecule has 0 aliphatic heterocycles. The minimum absolute atomic E-state index is 0.0193. The van der Waals surface area contributed by atoms with E-state index < -0.39 is 11.9 Å². The van der Waals surface area contributed by atoms with Gasteiger partial charge in [-0.2, -0.15) is 0 Å². The Morgan fingerprint density at radius 2 is 1.68 bits per heavy atom. The fourth-order valence-electron chi connectivity index (χ4n) is 11.6. The van der Waals surface area contributed by atoms with Crippen LogP contribution in [0, 0.1) is 51.8 Å². The third-order valence-electron chi connectivity index (χ3n) is 13.6. The molecule has 40 heavy (non-hydrogen) atoms. The average Bonchev–Trinajstić information content (AvgIpc) is 2.94. The maximum atomic E-state index is 13.2. The summed E-state index contributed by atoms with van der Waals surface area (Å²) in [6.07, 6.45) is 16.6. The summed E-state index contributed by atoms with van der Waals surface area (Å²) in [7, 11) is 0. The van der Waals surface area contributed by atoms with Crippen molar-refractivity contribution in [3.63, 3.8) is 0 Å². The maximum absolute atomic E-state index is 13.2. The summed E-state index contributed by atoms with van der Waals surface area (Å²) in [4.78, 5) is 24.9. The molecular formula is C36H50O4. The van der Waals surface area contributed by atoms with Crippen LogP contribution < -0.4 is 0 Å². The number of carboxylic acids is 1. The Labute approximate surface area is 241 Å². The van der Waals surface area contributed by atoms with Gasteiger partial charge in [-0.3, -0.25) is 0 Å². The molecule has 10 unspecified atom stereocenters. The molecule has 0 radical (unpaired) electrons. The van der Waals surface area contributed by atoms with E-state index in [1.165, 1.54) is 63.9 Å². The van der Waals surface area contributed by atoms with E-state index in [2.05, 4.69) is 40.7 Å². The summed E-state index contributed by atoms with van der Waals surface area (Å²) >= 11 is 0. The number of allylic oxidation sites excluding steroid dienone is 2. The predicted octanol–water partition coefficient (Wildman–Crippen LogP) is 8.95. The van der Waals surface area contributed by atoms with Crippen LogP contribution in [0.4, 0.5) is 0 Å². The first-order valence-corrected chi connectivity index (χ1v) is 16.3. The van der Waals surface area contributed by atoms with E-state index in [0.29, 0.717) is 22.7 Å². The molecule has 10 atom stereocenters. The lowest BCUT2D eigenvalue weighted by atomic mass is 9.38. The Balaban J connectivity index is 1.24. The van der Waals surface area contributed by atoms with E-state index in [-0.39, 0.29) is 28.6 Å². The van der Waals surface area contributed by atoms with Gasteiger partial charge >= 0.3 is 11.9 Å². The summed E-state index contributed by atoms with van der Waals surface area (Å²) in [6, 6.07) is 6.42. The SMILES string of the molecule is CCC12CCCC(C)C1C1=CCC3C(C)(CCC4C(C)C(OC(=O)c5ccccc5C(=O)O)CCC43C)C1CC2. The number of carbonyl (C=O) groups is 2. The van der Waals surface area contributed by atoms with E-state index in [4.69, 9.17) is 4.74 Å². The van der Waals surface area contributed by atoms with Crippen molar-refractivity contribution >= 4 is 11.9 Å². The van der Waals surface area contributed by atoms with E-state index >= 15 is 0 Å². The highest BCUT2D eigenvalue weighted by Gasteiger charge is 2.63. The lowest BCUT2D eigenvalue weighted by Crippen LogP contribution is -2.60. The first kappa shape index (κ1) is 28.0. The van der Waals surface area contributed by atoms with E-state index in [1.807, 2.05) is 5.57 Å². The molecule has 6 rings (SSSR count). The molecule has 1 aromatic rings. The zero-order valence-corrected chi connectivity index (χ0v) is 25.4. The normalized spacial score (nSPS) is 44.2. The van der Waals surface area contributed by atoms with Crippen molar-refractivity contribution in [2.24, 2.45) is 51.8 Å². The molecule has 0 spiro atoms. The van der Waals surface area contributed by atoms with Gasteiger partial charge < -0.3 is 9.84 Å². The lowest BCUT2D eigenvalue weighted by molar-refractivity contribution is -0.158. The number of esters is 1. The van der Waals surface area contributed by atoms with Gasteiger partial charge in [0.2, 0.25) is 0 Å². The van der Waals surface area contributed by atoms with Crippen LogP contribution in [-0.2, 0) is 4.74 Å². The van der Waals surface area contributed by atoms with E-state index in [0.717, 1.165) is 30.6 Å². The number of hydrogen-bond acceptors (Lipinski definition) is 3. The Morgan fingerprint density at radius 3 is 2.40 bits per heavy atom. The molecule has 0 bridgehead atoms. The molecule has 218 valence electrons. The molecule has 4 nitrogen and oxygen atoms in total. The number of rotatable bonds is 4. The summed E-state index contributed by atoms with van der Waals surface area (Å²) in [5.41, 5.74) is 3.18. The van der Waals surface area contributed by atoms with Crippen molar-refractivity contribution in [3.8, 4) is 0 Å². The van der Waals surface area contributed by atoms with Crippen LogP contribution in [0.2, 0.25) is 0 Å². The average molecular weight is 547 g/mol. The summed E-state index contributed by atoms with van der Waals surface area (Å²) in [6.45, 7) is 12.5. The molecule has 4 fully saturated rings. The van der Waals surface area contributed by atoms with Crippen molar-refractivity contribution < 1.29 is 19.4 Å². The maximum Gasteiger partial charge on any atom is 0.339 e. The van der Waals surface area contributed by atoms with Gasteiger partial charge in [-0.15, -0.1) is 0 Å². The molecule has 4 heteroatoms.